The number of nitrogens with zero attached hydrogens (tertiary/aromatic N) is 4. The van der Waals surface area contributed by atoms with E-state index in [0.717, 1.165) is 54.0 Å². The van der Waals surface area contributed by atoms with Gasteiger partial charge in [0.05, 0.1) is 5.56 Å². The van der Waals surface area contributed by atoms with Crippen molar-refractivity contribution in [3.8, 4) is 11.1 Å². The lowest BCUT2D eigenvalue weighted by molar-refractivity contribution is -0.137. The van der Waals surface area contributed by atoms with Gasteiger partial charge in [0.25, 0.3) is 5.56 Å². The van der Waals surface area contributed by atoms with E-state index >= 15 is 0 Å². The minimum atomic E-state index is -4.39. The van der Waals surface area contributed by atoms with E-state index < -0.39 is 11.7 Å². The number of carbonyl (C=O) groups is 1. The maximum absolute atomic E-state index is 14.1. The standard InChI is InChI=1S/C37H40F4N4O2/c1-3-43(4-2)21-22-44(24-27-11-14-28(15-12-27)29-16-18-30(19-17-29)37(39,40)41)35(46)25-45-33-10-6-9-32(33)36(47)42-34(45)20-13-26-7-5-8-31(38)23-26/h5,7-8,11-12,14-19,23H,3-4,6,9-10,13,20-22,24-25H2,1-2H3. The normalized spacial score (nSPS) is 12.8. The van der Waals surface area contributed by atoms with Crippen LogP contribution in [0.5, 0.6) is 0 Å². The first-order valence-corrected chi connectivity index (χ1v) is 16.2. The van der Waals surface area contributed by atoms with E-state index in [2.05, 4.69) is 23.7 Å². The monoisotopic (exact) mass is 648 g/mol. The molecular weight excluding hydrogens is 608 g/mol. The summed E-state index contributed by atoms with van der Waals surface area (Å²) in [6, 6.07) is 18.9. The minimum absolute atomic E-state index is 0.0377. The van der Waals surface area contributed by atoms with E-state index in [1.165, 1.54) is 24.3 Å². The maximum Gasteiger partial charge on any atom is 0.416 e. The zero-order valence-electron chi connectivity index (χ0n) is 26.8. The molecule has 0 N–H and O–H groups in total. The van der Waals surface area contributed by atoms with Crippen LogP contribution in [0, 0.1) is 5.82 Å². The molecule has 1 aliphatic rings. The van der Waals surface area contributed by atoms with Crippen molar-refractivity contribution in [2.45, 2.75) is 65.2 Å². The van der Waals surface area contributed by atoms with Crippen LogP contribution in [-0.2, 0) is 49.7 Å². The lowest BCUT2D eigenvalue weighted by atomic mass is 10.0. The third kappa shape index (κ3) is 8.54. The summed E-state index contributed by atoms with van der Waals surface area (Å²) >= 11 is 0. The van der Waals surface area contributed by atoms with E-state index in [9.17, 15) is 27.2 Å². The second-order valence-electron chi connectivity index (χ2n) is 11.9. The summed E-state index contributed by atoms with van der Waals surface area (Å²) in [5.41, 5.74) is 3.72. The van der Waals surface area contributed by atoms with Crippen molar-refractivity contribution >= 4 is 5.91 Å². The molecule has 0 atom stereocenters. The zero-order chi connectivity index (χ0) is 33.6. The molecule has 10 heteroatoms. The lowest BCUT2D eigenvalue weighted by Gasteiger charge is -2.28. The van der Waals surface area contributed by atoms with Crippen LogP contribution < -0.4 is 5.56 Å². The summed E-state index contributed by atoms with van der Waals surface area (Å²) in [7, 11) is 0. The number of alkyl halides is 3. The number of likely N-dealkylation sites (N-methyl/N-ethyl adjacent to an activating group) is 1. The van der Waals surface area contributed by atoms with Gasteiger partial charge in [0.1, 0.15) is 18.2 Å². The number of aryl methyl sites for hydroxylation is 2. The fourth-order valence-electron chi connectivity index (χ4n) is 6.19. The largest absolute Gasteiger partial charge is 0.416 e. The molecule has 0 radical (unpaired) electrons. The molecule has 1 aromatic heterocycles. The third-order valence-corrected chi connectivity index (χ3v) is 8.94. The Morgan fingerprint density at radius 3 is 2.19 bits per heavy atom. The first kappa shape index (κ1) is 34.0. The summed E-state index contributed by atoms with van der Waals surface area (Å²) in [4.78, 5) is 35.5. The van der Waals surface area contributed by atoms with Gasteiger partial charge in [-0.3, -0.25) is 9.59 Å². The van der Waals surface area contributed by atoms with Gasteiger partial charge in [-0.25, -0.2) is 4.39 Å². The van der Waals surface area contributed by atoms with E-state index in [1.807, 2.05) is 39.8 Å². The zero-order valence-corrected chi connectivity index (χ0v) is 26.8. The van der Waals surface area contributed by atoms with E-state index in [0.29, 0.717) is 62.3 Å². The summed E-state index contributed by atoms with van der Waals surface area (Å²) in [6.07, 6.45) is -1.37. The number of halogens is 4. The van der Waals surface area contributed by atoms with Crippen LogP contribution in [0.1, 0.15) is 54.0 Å². The van der Waals surface area contributed by atoms with Crippen molar-refractivity contribution in [3.05, 3.63) is 123 Å². The number of amides is 1. The Balaban J connectivity index is 1.38. The van der Waals surface area contributed by atoms with Crippen molar-refractivity contribution in [2.75, 3.05) is 26.2 Å². The van der Waals surface area contributed by atoms with Crippen LogP contribution in [-0.4, -0.2) is 51.4 Å². The number of fused-ring (bicyclic) bond motifs is 1. The molecule has 0 fully saturated rings. The molecule has 0 unspecified atom stereocenters. The number of benzene rings is 3. The Hall–Kier alpha value is -4.31. The maximum atomic E-state index is 14.1. The first-order valence-electron chi connectivity index (χ1n) is 16.2. The Bertz CT molecular complexity index is 1730. The number of aromatic nitrogens is 2. The smallest absolute Gasteiger partial charge is 0.336 e. The van der Waals surface area contributed by atoms with E-state index in [1.54, 1.807) is 6.07 Å². The first-order chi connectivity index (χ1) is 22.5. The molecule has 6 nitrogen and oxygen atoms in total. The third-order valence-electron chi connectivity index (χ3n) is 8.94. The Kier molecular flexibility index (Phi) is 10.9. The van der Waals surface area contributed by atoms with Gasteiger partial charge in [-0.1, -0.05) is 62.4 Å². The van der Waals surface area contributed by atoms with Crippen LogP contribution in [0.25, 0.3) is 11.1 Å². The SMILES string of the molecule is CCN(CC)CCN(Cc1ccc(-c2ccc(C(F)(F)F)cc2)cc1)C(=O)Cn1c(CCc2cccc(F)c2)nc(=O)c2c1CCC2. The molecule has 0 spiro atoms. The summed E-state index contributed by atoms with van der Waals surface area (Å²) in [6.45, 7) is 7.43. The molecule has 0 saturated carbocycles. The number of carbonyl (C=O) groups excluding carboxylic acids is 1. The fourth-order valence-corrected chi connectivity index (χ4v) is 6.19. The van der Waals surface area contributed by atoms with Crippen LogP contribution in [0.4, 0.5) is 17.6 Å². The Labute approximate surface area is 272 Å². The minimum Gasteiger partial charge on any atom is -0.336 e. The molecule has 47 heavy (non-hydrogen) atoms. The Morgan fingerprint density at radius 1 is 0.872 bits per heavy atom. The van der Waals surface area contributed by atoms with Crippen molar-refractivity contribution in [2.24, 2.45) is 0 Å². The topological polar surface area (TPSA) is 58.4 Å². The summed E-state index contributed by atoms with van der Waals surface area (Å²) < 4.78 is 54.8. The average molecular weight is 649 g/mol. The fraction of sp³-hybridized carbons (Fsp3) is 0.378. The molecule has 3 aromatic carbocycles. The van der Waals surface area contributed by atoms with Gasteiger partial charge in [-0.05, 0) is 85.3 Å². The van der Waals surface area contributed by atoms with Crippen molar-refractivity contribution < 1.29 is 22.4 Å². The summed E-state index contributed by atoms with van der Waals surface area (Å²) in [5.74, 6) is 0.0987. The molecule has 0 bridgehead atoms. The molecule has 4 aromatic rings. The quantitative estimate of drug-likeness (QED) is 0.151. The molecule has 5 rings (SSSR count). The predicted octanol–water partition coefficient (Wildman–Crippen LogP) is 6.71. The molecule has 0 aliphatic heterocycles. The highest BCUT2D eigenvalue weighted by Crippen LogP contribution is 2.31. The highest BCUT2D eigenvalue weighted by Gasteiger charge is 2.30. The average Bonchev–Trinajstić information content (AvgIpc) is 3.56. The number of hydrogen-bond acceptors (Lipinski definition) is 4. The van der Waals surface area contributed by atoms with Crippen molar-refractivity contribution in [1.29, 1.82) is 0 Å². The second kappa shape index (κ2) is 15.1. The highest BCUT2D eigenvalue weighted by molar-refractivity contribution is 5.76. The molecule has 1 heterocycles. The second-order valence-corrected chi connectivity index (χ2v) is 11.9. The number of hydrogen-bond donors (Lipinski definition) is 0. The molecule has 1 amide bonds. The Morgan fingerprint density at radius 2 is 1.55 bits per heavy atom. The van der Waals surface area contributed by atoms with E-state index in [4.69, 9.17) is 0 Å². The predicted molar refractivity (Wildman–Crippen MR) is 174 cm³/mol. The summed E-state index contributed by atoms with van der Waals surface area (Å²) in [5, 5.41) is 0. The van der Waals surface area contributed by atoms with Gasteiger partial charge in [0.2, 0.25) is 5.91 Å². The molecular formula is C37H40F4N4O2. The van der Waals surface area contributed by atoms with Crippen molar-refractivity contribution in [3.63, 3.8) is 0 Å². The highest BCUT2D eigenvalue weighted by atomic mass is 19.4. The van der Waals surface area contributed by atoms with Crippen LogP contribution in [0.3, 0.4) is 0 Å². The van der Waals surface area contributed by atoms with E-state index in [-0.39, 0.29) is 23.8 Å². The molecule has 0 saturated heterocycles. The van der Waals surface area contributed by atoms with Crippen LogP contribution >= 0.6 is 0 Å². The van der Waals surface area contributed by atoms with Gasteiger partial charge < -0.3 is 14.4 Å². The van der Waals surface area contributed by atoms with Crippen LogP contribution in [0.15, 0.2) is 77.6 Å². The van der Waals surface area contributed by atoms with Gasteiger partial charge in [0.15, 0.2) is 0 Å². The molecule has 1 aliphatic carbocycles. The van der Waals surface area contributed by atoms with Gasteiger partial charge in [0, 0.05) is 37.3 Å². The van der Waals surface area contributed by atoms with Gasteiger partial charge in [-0.15, -0.1) is 0 Å². The number of rotatable bonds is 13. The van der Waals surface area contributed by atoms with Gasteiger partial charge >= 0.3 is 6.18 Å². The van der Waals surface area contributed by atoms with Gasteiger partial charge in [-0.2, -0.15) is 18.2 Å². The van der Waals surface area contributed by atoms with Crippen LogP contribution in [0.2, 0.25) is 0 Å². The molecule has 248 valence electrons. The van der Waals surface area contributed by atoms with Crippen molar-refractivity contribution in [1.82, 2.24) is 19.4 Å². The lowest BCUT2D eigenvalue weighted by Crippen LogP contribution is -2.40.